The van der Waals surface area contributed by atoms with Crippen LogP contribution < -0.4 is 10.1 Å². The third kappa shape index (κ3) is 3.74. The van der Waals surface area contributed by atoms with Gasteiger partial charge in [0.25, 0.3) is 0 Å². The number of ether oxygens (including phenoxy) is 1. The van der Waals surface area contributed by atoms with E-state index in [0.29, 0.717) is 5.41 Å². The second-order valence-corrected chi connectivity index (χ2v) is 6.12. The van der Waals surface area contributed by atoms with Gasteiger partial charge >= 0.3 is 0 Å². The van der Waals surface area contributed by atoms with Crippen LogP contribution >= 0.6 is 0 Å². The third-order valence-corrected chi connectivity index (χ3v) is 4.55. The second-order valence-electron chi connectivity index (χ2n) is 6.12. The lowest BCUT2D eigenvalue weighted by Crippen LogP contribution is -2.46. The number of methoxy groups -OCH3 is 1. The second kappa shape index (κ2) is 7.09. The molecule has 0 spiro atoms. The van der Waals surface area contributed by atoms with Crippen molar-refractivity contribution in [3.05, 3.63) is 29.8 Å². The number of hydrogen-bond donors (Lipinski definition) is 1. The molecule has 1 heterocycles. The zero-order valence-electron chi connectivity index (χ0n) is 13.1. The van der Waals surface area contributed by atoms with Crippen molar-refractivity contribution in [1.82, 2.24) is 10.2 Å². The fourth-order valence-corrected chi connectivity index (χ4v) is 3.33. The van der Waals surface area contributed by atoms with Gasteiger partial charge in [0, 0.05) is 25.2 Å². The molecule has 1 fully saturated rings. The van der Waals surface area contributed by atoms with Gasteiger partial charge in [-0.05, 0) is 44.3 Å². The highest BCUT2D eigenvalue weighted by atomic mass is 16.5. The summed E-state index contributed by atoms with van der Waals surface area (Å²) in [6, 6.07) is 8.32. The van der Waals surface area contributed by atoms with E-state index in [4.69, 9.17) is 4.74 Å². The standard InChI is InChI=1S/C17H28N2O/c1-4-17(10-7-11-18-13-17)14-19(2)12-15-8-5-6-9-16(15)20-3/h5-6,8-9,18H,4,7,10-14H2,1-3H3. The van der Waals surface area contributed by atoms with Crippen molar-refractivity contribution in [1.29, 1.82) is 0 Å². The number of benzene rings is 1. The summed E-state index contributed by atoms with van der Waals surface area (Å²) in [5, 5.41) is 3.57. The molecule has 0 aromatic heterocycles. The number of nitrogens with one attached hydrogen (secondary N) is 1. The molecule has 20 heavy (non-hydrogen) atoms. The van der Waals surface area contributed by atoms with E-state index in [2.05, 4.69) is 36.3 Å². The summed E-state index contributed by atoms with van der Waals surface area (Å²) in [7, 11) is 3.97. The van der Waals surface area contributed by atoms with Crippen molar-refractivity contribution in [2.75, 3.05) is 33.8 Å². The Kier molecular flexibility index (Phi) is 5.44. The zero-order chi connectivity index (χ0) is 14.4. The molecule has 2 rings (SSSR count). The van der Waals surface area contributed by atoms with Gasteiger partial charge in [-0.2, -0.15) is 0 Å². The Morgan fingerprint density at radius 1 is 1.35 bits per heavy atom. The fraction of sp³-hybridized carbons (Fsp3) is 0.647. The van der Waals surface area contributed by atoms with Gasteiger partial charge in [-0.3, -0.25) is 0 Å². The van der Waals surface area contributed by atoms with Crippen LogP contribution in [0.15, 0.2) is 24.3 Å². The Hall–Kier alpha value is -1.06. The molecular formula is C17H28N2O. The molecule has 0 radical (unpaired) electrons. The molecule has 112 valence electrons. The summed E-state index contributed by atoms with van der Waals surface area (Å²) in [6.07, 6.45) is 3.89. The lowest BCUT2D eigenvalue weighted by molar-refractivity contribution is 0.124. The first kappa shape index (κ1) is 15.3. The van der Waals surface area contributed by atoms with Crippen LogP contribution in [0.1, 0.15) is 31.7 Å². The molecule has 0 saturated carbocycles. The van der Waals surface area contributed by atoms with Crippen LogP contribution in [0.2, 0.25) is 0 Å². The average Bonchev–Trinajstić information content (AvgIpc) is 2.48. The monoisotopic (exact) mass is 276 g/mol. The lowest BCUT2D eigenvalue weighted by atomic mass is 9.78. The average molecular weight is 276 g/mol. The Bertz CT molecular complexity index is 413. The van der Waals surface area contributed by atoms with Crippen LogP contribution in [0.25, 0.3) is 0 Å². The molecule has 0 aliphatic carbocycles. The van der Waals surface area contributed by atoms with Gasteiger partial charge < -0.3 is 15.0 Å². The van der Waals surface area contributed by atoms with Crippen LogP contribution in [0.5, 0.6) is 5.75 Å². The number of hydrogen-bond acceptors (Lipinski definition) is 3. The van der Waals surface area contributed by atoms with Gasteiger partial charge in [-0.15, -0.1) is 0 Å². The first-order valence-corrected chi connectivity index (χ1v) is 7.70. The van der Waals surface area contributed by atoms with Crippen molar-refractivity contribution < 1.29 is 4.74 Å². The molecule has 1 saturated heterocycles. The fourth-order valence-electron chi connectivity index (χ4n) is 3.33. The van der Waals surface area contributed by atoms with Crippen LogP contribution in [-0.2, 0) is 6.54 Å². The highest BCUT2D eigenvalue weighted by molar-refractivity contribution is 5.33. The van der Waals surface area contributed by atoms with Gasteiger partial charge in [0.05, 0.1) is 7.11 Å². The minimum absolute atomic E-state index is 0.439. The molecular weight excluding hydrogens is 248 g/mol. The maximum absolute atomic E-state index is 5.45. The van der Waals surface area contributed by atoms with Crippen LogP contribution in [-0.4, -0.2) is 38.7 Å². The summed E-state index contributed by atoms with van der Waals surface area (Å²) in [4.78, 5) is 2.44. The Morgan fingerprint density at radius 3 is 2.80 bits per heavy atom. The molecule has 1 atom stereocenters. The normalized spacial score (nSPS) is 23.0. The van der Waals surface area contributed by atoms with Crippen molar-refractivity contribution in [3.8, 4) is 5.75 Å². The Labute approximate surface area is 123 Å². The highest BCUT2D eigenvalue weighted by Crippen LogP contribution is 2.31. The maximum atomic E-state index is 5.45. The predicted molar refractivity (Wildman–Crippen MR) is 84.2 cm³/mol. The van der Waals surface area contributed by atoms with Gasteiger partial charge in [0.1, 0.15) is 5.75 Å². The smallest absolute Gasteiger partial charge is 0.123 e. The first-order chi connectivity index (χ1) is 9.69. The quantitative estimate of drug-likeness (QED) is 0.864. The molecule has 0 amide bonds. The van der Waals surface area contributed by atoms with Crippen molar-refractivity contribution in [2.24, 2.45) is 5.41 Å². The maximum Gasteiger partial charge on any atom is 0.123 e. The van der Waals surface area contributed by atoms with E-state index >= 15 is 0 Å². The van der Waals surface area contributed by atoms with Gasteiger partial charge in [-0.1, -0.05) is 25.1 Å². The Balaban J connectivity index is 1.99. The van der Waals surface area contributed by atoms with E-state index in [-0.39, 0.29) is 0 Å². The topological polar surface area (TPSA) is 24.5 Å². The number of rotatable bonds is 6. The summed E-state index contributed by atoms with van der Waals surface area (Å²) < 4.78 is 5.45. The van der Waals surface area contributed by atoms with Gasteiger partial charge in [0.15, 0.2) is 0 Å². The summed E-state index contributed by atoms with van der Waals surface area (Å²) >= 11 is 0. The number of piperidine rings is 1. The summed E-state index contributed by atoms with van der Waals surface area (Å²) in [5.41, 5.74) is 1.71. The Morgan fingerprint density at radius 2 is 2.15 bits per heavy atom. The van der Waals surface area contributed by atoms with Crippen molar-refractivity contribution in [3.63, 3.8) is 0 Å². The van der Waals surface area contributed by atoms with Crippen LogP contribution in [0, 0.1) is 5.41 Å². The molecule has 3 nitrogen and oxygen atoms in total. The molecule has 1 aromatic rings. The van der Waals surface area contributed by atoms with Crippen molar-refractivity contribution in [2.45, 2.75) is 32.7 Å². The minimum Gasteiger partial charge on any atom is -0.496 e. The minimum atomic E-state index is 0.439. The van der Waals surface area contributed by atoms with Gasteiger partial charge in [-0.25, -0.2) is 0 Å². The van der Waals surface area contributed by atoms with E-state index in [1.54, 1.807) is 7.11 Å². The molecule has 1 aliphatic rings. The highest BCUT2D eigenvalue weighted by Gasteiger charge is 2.31. The van der Waals surface area contributed by atoms with Crippen molar-refractivity contribution >= 4 is 0 Å². The molecule has 1 aromatic carbocycles. The molecule has 1 aliphatic heterocycles. The lowest BCUT2D eigenvalue weighted by Gasteiger charge is -2.40. The molecule has 1 N–H and O–H groups in total. The van der Waals surface area contributed by atoms with E-state index in [9.17, 15) is 0 Å². The summed E-state index contributed by atoms with van der Waals surface area (Å²) in [6.45, 7) is 6.75. The number of para-hydroxylation sites is 1. The molecule has 0 bridgehead atoms. The first-order valence-electron chi connectivity index (χ1n) is 7.70. The number of nitrogens with zero attached hydrogens (tertiary/aromatic N) is 1. The SMILES string of the molecule is CCC1(CN(C)Cc2ccccc2OC)CCCNC1. The van der Waals surface area contributed by atoms with Crippen LogP contribution in [0.3, 0.4) is 0 Å². The van der Waals surface area contributed by atoms with E-state index in [0.717, 1.165) is 25.4 Å². The third-order valence-electron chi connectivity index (χ3n) is 4.55. The molecule has 3 heteroatoms. The van der Waals surface area contributed by atoms with E-state index in [1.165, 1.54) is 31.4 Å². The zero-order valence-corrected chi connectivity index (χ0v) is 13.1. The van der Waals surface area contributed by atoms with Gasteiger partial charge in [0.2, 0.25) is 0 Å². The summed E-state index contributed by atoms with van der Waals surface area (Å²) in [5.74, 6) is 0.992. The molecule has 1 unspecified atom stereocenters. The van der Waals surface area contributed by atoms with Crippen LogP contribution in [0.4, 0.5) is 0 Å². The van der Waals surface area contributed by atoms with E-state index < -0.39 is 0 Å². The van der Waals surface area contributed by atoms with E-state index in [1.807, 2.05) is 12.1 Å². The predicted octanol–water partition coefficient (Wildman–Crippen LogP) is 2.91. The largest absolute Gasteiger partial charge is 0.496 e.